The smallest absolute Gasteiger partial charge is 0.107 e. The molecule has 2 atom stereocenters. The fourth-order valence-corrected chi connectivity index (χ4v) is 3.68. The highest BCUT2D eigenvalue weighted by atomic mass is 16.3. The van der Waals surface area contributed by atoms with Crippen LogP contribution in [0, 0.1) is 18.3 Å². The number of furan rings is 1. The molecule has 0 aromatic carbocycles. The van der Waals surface area contributed by atoms with Crippen molar-refractivity contribution in [2.75, 3.05) is 0 Å². The lowest BCUT2D eigenvalue weighted by atomic mass is 9.59. The SMILES string of the molecule is C=C1CCC[C@@]2(C)Cc3occ(C)c3C[C@H]12. The van der Waals surface area contributed by atoms with Gasteiger partial charge in [0.15, 0.2) is 0 Å². The Balaban J connectivity index is 2.04. The van der Waals surface area contributed by atoms with E-state index in [1.165, 1.54) is 41.7 Å². The van der Waals surface area contributed by atoms with Gasteiger partial charge in [-0.3, -0.25) is 0 Å². The Morgan fingerprint density at radius 2 is 2.31 bits per heavy atom. The molecule has 1 saturated carbocycles. The number of fused-ring (bicyclic) bond motifs is 2. The molecule has 1 heteroatoms. The van der Waals surface area contributed by atoms with Crippen LogP contribution in [0.5, 0.6) is 0 Å². The predicted molar refractivity (Wildman–Crippen MR) is 65.4 cm³/mol. The lowest BCUT2D eigenvalue weighted by molar-refractivity contribution is 0.138. The molecule has 0 saturated heterocycles. The van der Waals surface area contributed by atoms with E-state index >= 15 is 0 Å². The monoisotopic (exact) mass is 216 g/mol. The van der Waals surface area contributed by atoms with Gasteiger partial charge in [-0.25, -0.2) is 0 Å². The Bertz CT molecular complexity index is 440. The molecule has 0 N–H and O–H groups in total. The van der Waals surface area contributed by atoms with E-state index in [1.807, 2.05) is 6.26 Å². The van der Waals surface area contributed by atoms with E-state index in [9.17, 15) is 0 Å². The molecule has 0 unspecified atom stereocenters. The van der Waals surface area contributed by atoms with Gasteiger partial charge in [0, 0.05) is 6.42 Å². The zero-order chi connectivity index (χ0) is 11.3. The Kier molecular flexibility index (Phi) is 2.07. The van der Waals surface area contributed by atoms with Crippen LogP contribution in [0.15, 0.2) is 22.8 Å². The fourth-order valence-electron chi connectivity index (χ4n) is 3.68. The molecule has 16 heavy (non-hydrogen) atoms. The fraction of sp³-hybridized carbons (Fsp3) is 0.600. The molecular weight excluding hydrogens is 196 g/mol. The van der Waals surface area contributed by atoms with Crippen molar-refractivity contribution < 1.29 is 4.42 Å². The van der Waals surface area contributed by atoms with Crippen LogP contribution in [-0.4, -0.2) is 0 Å². The lowest BCUT2D eigenvalue weighted by Gasteiger charge is -2.45. The van der Waals surface area contributed by atoms with Crippen LogP contribution in [0.2, 0.25) is 0 Å². The van der Waals surface area contributed by atoms with Crippen LogP contribution in [-0.2, 0) is 12.8 Å². The molecular formula is C15H20O. The number of hydrogen-bond acceptors (Lipinski definition) is 1. The quantitative estimate of drug-likeness (QED) is 0.596. The summed E-state index contributed by atoms with van der Waals surface area (Å²) in [5, 5.41) is 0. The third kappa shape index (κ3) is 1.30. The zero-order valence-electron chi connectivity index (χ0n) is 10.3. The van der Waals surface area contributed by atoms with E-state index in [-0.39, 0.29) is 0 Å². The van der Waals surface area contributed by atoms with Crippen molar-refractivity contribution in [2.24, 2.45) is 11.3 Å². The maximum Gasteiger partial charge on any atom is 0.107 e. The molecule has 3 rings (SSSR count). The van der Waals surface area contributed by atoms with Crippen molar-refractivity contribution in [1.29, 1.82) is 0 Å². The average molecular weight is 216 g/mol. The van der Waals surface area contributed by atoms with E-state index < -0.39 is 0 Å². The normalized spacial score (nSPS) is 33.4. The number of aryl methyl sites for hydroxylation is 1. The van der Waals surface area contributed by atoms with Gasteiger partial charge in [-0.05, 0) is 55.1 Å². The first kappa shape index (κ1) is 10.2. The molecule has 0 radical (unpaired) electrons. The molecule has 86 valence electrons. The van der Waals surface area contributed by atoms with E-state index in [0.717, 1.165) is 12.8 Å². The highest BCUT2D eigenvalue weighted by Crippen LogP contribution is 2.51. The summed E-state index contributed by atoms with van der Waals surface area (Å²) >= 11 is 0. The van der Waals surface area contributed by atoms with Gasteiger partial charge < -0.3 is 4.42 Å². The van der Waals surface area contributed by atoms with E-state index in [2.05, 4.69) is 20.4 Å². The Morgan fingerprint density at radius 3 is 3.12 bits per heavy atom. The van der Waals surface area contributed by atoms with Crippen molar-refractivity contribution in [3.05, 3.63) is 35.3 Å². The summed E-state index contributed by atoms with van der Waals surface area (Å²) in [6.45, 7) is 8.88. The molecule has 2 aliphatic rings. The molecule has 1 nitrogen and oxygen atoms in total. The largest absolute Gasteiger partial charge is 0.469 e. The molecule has 0 spiro atoms. The molecule has 1 aromatic rings. The van der Waals surface area contributed by atoms with Crippen LogP contribution in [0.4, 0.5) is 0 Å². The minimum atomic E-state index is 0.409. The standard InChI is InChI=1S/C15H20O/c1-10-5-4-6-15(3)8-14-12(7-13(10)15)11(2)9-16-14/h9,13H,1,4-8H2,2-3H3/t13-,15+/m1/s1. The third-order valence-electron chi connectivity index (χ3n) is 4.74. The van der Waals surface area contributed by atoms with Crippen LogP contribution in [0.25, 0.3) is 0 Å². The second-order valence-electron chi connectivity index (χ2n) is 5.92. The highest BCUT2D eigenvalue weighted by molar-refractivity contribution is 5.34. The second kappa shape index (κ2) is 3.26. The molecule has 1 heterocycles. The van der Waals surface area contributed by atoms with Gasteiger partial charge in [0.1, 0.15) is 5.76 Å². The van der Waals surface area contributed by atoms with Gasteiger partial charge in [0.25, 0.3) is 0 Å². The summed E-state index contributed by atoms with van der Waals surface area (Å²) in [6, 6.07) is 0. The summed E-state index contributed by atoms with van der Waals surface area (Å²) in [6.07, 6.45) is 8.06. The molecule has 0 aliphatic heterocycles. The lowest BCUT2D eigenvalue weighted by Crippen LogP contribution is -2.38. The molecule has 2 aliphatic carbocycles. The second-order valence-corrected chi connectivity index (χ2v) is 5.92. The van der Waals surface area contributed by atoms with Crippen LogP contribution in [0.1, 0.15) is 43.1 Å². The van der Waals surface area contributed by atoms with Gasteiger partial charge in [-0.1, -0.05) is 19.1 Å². The number of allylic oxidation sites excluding steroid dienone is 1. The van der Waals surface area contributed by atoms with E-state index in [1.54, 1.807) is 0 Å². The predicted octanol–water partition coefficient (Wildman–Crippen LogP) is 4.05. The van der Waals surface area contributed by atoms with Crippen LogP contribution < -0.4 is 0 Å². The summed E-state index contributed by atoms with van der Waals surface area (Å²) < 4.78 is 5.71. The van der Waals surface area contributed by atoms with E-state index in [4.69, 9.17) is 4.42 Å². The average Bonchev–Trinajstić information content (AvgIpc) is 2.57. The first-order chi connectivity index (χ1) is 7.60. The summed E-state index contributed by atoms with van der Waals surface area (Å²) in [5.41, 5.74) is 4.67. The Labute approximate surface area is 97.5 Å². The maximum absolute atomic E-state index is 5.71. The van der Waals surface area contributed by atoms with E-state index in [0.29, 0.717) is 11.3 Å². The molecule has 0 bridgehead atoms. The van der Waals surface area contributed by atoms with Gasteiger partial charge in [0.05, 0.1) is 6.26 Å². The highest BCUT2D eigenvalue weighted by Gasteiger charge is 2.43. The number of rotatable bonds is 0. The molecule has 1 fully saturated rings. The van der Waals surface area contributed by atoms with Gasteiger partial charge in [-0.2, -0.15) is 0 Å². The van der Waals surface area contributed by atoms with Crippen molar-refractivity contribution in [3.8, 4) is 0 Å². The summed E-state index contributed by atoms with van der Waals surface area (Å²) in [7, 11) is 0. The zero-order valence-corrected chi connectivity index (χ0v) is 10.3. The third-order valence-corrected chi connectivity index (χ3v) is 4.74. The minimum absolute atomic E-state index is 0.409. The minimum Gasteiger partial charge on any atom is -0.469 e. The summed E-state index contributed by atoms with van der Waals surface area (Å²) in [5.74, 6) is 1.93. The molecule has 0 amide bonds. The van der Waals surface area contributed by atoms with Crippen molar-refractivity contribution >= 4 is 0 Å². The van der Waals surface area contributed by atoms with Crippen molar-refractivity contribution in [2.45, 2.75) is 46.0 Å². The molecule has 1 aromatic heterocycles. The Morgan fingerprint density at radius 1 is 1.50 bits per heavy atom. The number of hydrogen-bond donors (Lipinski definition) is 0. The van der Waals surface area contributed by atoms with Crippen LogP contribution >= 0.6 is 0 Å². The van der Waals surface area contributed by atoms with Crippen molar-refractivity contribution in [3.63, 3.8) is 0 Å². The summed E-state index contributed by atoms with van der Waals surface area (Å²) in [4.78, 5) is 0. The van der Waals surface area contributed by atoms with Crippen LogP contribution in [0.3, 0.4) is 0 Å². The van der Waals surface area contributed by atoms with Gasteiger partial charge in [-0.15, -0.1) is 0 Å². The van der Waals surface area contributed by atoms with Gasteiger partial charge in [0.2, 0.25) is 0 Å². The maximum atomic E-state index is 5.71. The Hall–Kier alpha value is -0.980. The van der Waals surface area contributed by atoms with Gasteiger partial charge >= 0.3 is 0 Å². The van der Waals surface area contributed by atoms with Crippen molar-refractivity contribution in [1.82, 2.24) is 0 Å². The first-order valence-corrected chi connectivity index (χ1v) is 6.34. The topological polar surface area (TPSA) is 13.1 Å². The first-order valence-electron chi connectivity index (χ1n) is 6.34.